The number of nitrogens with zero attached hydrogens (tertiary/aromatic N) is 4. The molecule has 1 atom stereocenters. The van der Waals surface area contributed by atoms with Gasteiger partial charge in [0.2, 0.25) is 0 Å². The van der Waals surface area contributed by atoms with E-state index >= 15 is 0 Å². The Morgan fingerprint density at radius 3 is 2.86 bits per heavy atom. The summed E-state index contributed by atoms with van der Waals surface area (Å²) in [6, 6.07) is 11.7. The van der Waals surface area contributed by atoms with E-state index in [4.69, 9.17) is 14.3 Å². The van der Waals surface area contributed by atoms with Gasteiger partial charge in [0, 0.05) is 18.3 Å². The Kier molecular flexibility index (Phi) is 6.22. The molecule has 0 radical (unpaired) electrons. The maximum atomic E-state index is 14.2. The molecule has 2 aromatic carbocycles. The standard InChI is InChI=1S/C27H27FN4O4/c1-4-35-26(33)27(21-8-5-9-22(28)15-21)32-12-6-7-20(25(32)30-36-27)13-19-10-11-23(24(14-19)34-3)31-16-18(2)29-17-31/h5,8-11,13-17H,4,6-7,12H2,1-3H3. The number of carbonyl (C=O) groups excluding carboxylic acids is 1. The smallest absolute Gasteiger partial charge is 0.380 e. The van der Waals surface area contributed by atoms with Crippen LogP contribution >= 0.6 is 0 Å². The van der Waals surface area contributed by atoms with Crippen molar-refractivity contribution in [3.8, 4) is 11.4 Å². The summed E-state index contributed by atoms with van der Waals surface area (Å²) in [5.74, 6) is 0.130. The Labute approximate surface area is 208 Å². The Morgan fingerprint density at radius 1 is 1.28 bits per heavy atom. The van der Waals surface area contributed by atoms with E-state index in [0.29, 0.717) is 23.7 Å². The van der Waals surface area contributed by atoms with Gasteiger partial charge in [-0.25, -0.2) is 14.2 Å². The number of oxime groups is 1. The minimum absolute atomic E-state index is 0.160. The molecular weight excluding hydrogens is 463 g/mol. The molecule has 0 spiro atoms. The summed E-state index contributed by atoms with van der Waals surface area (Å²) >= 11 is 0. The van der Waals surface area contributed by atoms with E-state index in [0.717, 1.165) is 35.4 Å². The SMILES string of the molecule is CCOC(=O)C1(c2cccc(F)c2)ON=C2C(=Cc3ccc(-n4cnc(C)c4)c(OC)c3)CCCN21. The van der Waals surface area contributed by atoms with Crippen molar-refractivity contribution in [3.63, 3.8) is 0 Å². The van der Waals surface area contributed by atoms with Crippen molar-refractivity contribution >= 4 is 17.9 Å². The lowest BCUT2D eigenvalue weighted by Gasteiger charge is -2.37. The lowest BCUT2D eigenvalue weighted by Crippen LogP contribution is -2.54. The second-order valence-corrected chi connectivity index (χ2v) is 8.66. The highest BCUT2D eigenvalue weighted by atomic mass is 19.1. The highest BCUT2D eigenvalue weighted by Crippen LogP contribution is 2.42. The van der Waals surface area contributed by atoms with E-state index < -0.39 is 17.5 Å². The summed E-state index contributed by atoms with van der Waals surface area (Å²) in [5, 5.41) is 4.32. The van der Waals surface area contributed by atoms with Crippen LogP contribution in [0, 0.1) is 12.7 Å². The molecule has 2 aliphatic rings. The van der Waals surface area contributed by atoms with Crippen molar-refractivity contribution in [1.29, 1.82) is 0 Å². The molecule has 1 aromatic heterocycles. The van der Waals surface area contributed by atoms with Crippen LogP contribution in [-0.2, 0) is 20.1 Å². The first-order valence-electron chi connectivity index (χ1n) is 11.8. The van der Waals surface area contributed by atoms with E-state index in [9.17, 15) is 9.18 Å². The van der Waals surface area contributed by atoms with Crippen LogP contribution in [0.25, 0.3) is 11.8 Å². The predicted molar refractivity (Wildman–Crippen MR) is 132 cm³/mol. The number of hydrogen-bond donors (Lipinski definition) is 0. The van der Waals surface area contributed by atoms with E-state index in [1.807, 2.05) is 42.0 Å². The molecule has 9 heteroatoms. The number of aryl methyl sites for hydroxylation is 1. The molecule has 2 aliphatic heterocycles. The summed E-state index contributed by atoms with van der Waals surface area (Å²) in [6.07, 6.45) is 7.18. The molecule has 5 rings (SSSR count). The molecular formula is C27H27FN4O4. The van der Waals surface area contributed by atoms with Crippen LogP contribution in [0.3, 0.4) is 0 Å². The van der Waals surface area contributed by atoms with Gasteiger partial charge in [0.15, 0.2) is 5.84 Å². The monoisotopic (exact) mass is 490 g/mol. The highest BCUT2D eigenvalue weighted by Gasteiger charge is 2.57. The summed E-state index contributed by atoms with van der Waals surface area (Å²) in [5.41, 5.74) is 2.26. The topological polar surface area (TPSA) is 78.2 Å². The first-order chi connectivity index (χ1) is 17.5. The number of methoxy groups -OCH3 is 1. The minimum atomic E-state index is -1.67. The molecule has 0 bridgehead atoms. The normalized spacial score (nSPS) is 20.1. The molecule has 0 aliphatic carbocycles. The fourth-order valence-corrected chi connectivity index (χ4v) is 4.68. The van der Waals surface area contributed by atoms with Gasteiger partial charge in [-0.3, -0.25) is 0 Å². The van der Waals surface area contributed by atoms with Gasteiger partial charge in [-0.2, -0.15) is 0 Å². The van der Waals surface area contributed by atoms with Crippen molar-refractivity contribution in [2.24, 2.45) is 5.16 Å². The number of carbonyl (C=O) groups is 1. The number of rotatable bonds is 6. The molecule has 3 heterocycles. The third-order valence-electron chi connectivity index (χ3n) is 6.32. The van der Waals surface area contributed by atoms with Gasteiger partial charge in [0.1, 0.15) is 11.6 Å². The van der Waals surface area contributed by atoms with E-state index in [2.05, 4.69) is 10.1 Å². The van der Waals surface area contributed by atoms with Gasteiger partial charge in [-0.15, -0.1) is 0 Å². The molecule has 0 N–H and O–H groups in total. The predicted octanol–water partition coefficient (Wildman–Crippen LogP) is 4.57. The fraction of sp³-hybridized carbons (Fsp3) is 0.296. The Balaban J connectivity index is 1.51. The Hall–Kier alpha value is -4.14. The second-order valence-electron chi connectivity index (χ2n) is 8.66. The number of amidine groups is 1. The third-order valence-corrected chi connectivity index (χ3v) is 6.32. The third kappa shape index (κ3) is 4.00. The minimum Gasteiger partial charge on any atom is -0.495 e. The Morgan fingerprint density at radius 2 is 2.14 bits per heavy atom. The number of piperidine rings is 1. The van der Waals surface area contributed by atoms with E-state index in [-0.39, 0.29) is 6.61 Å². The molecule has 0 amide bonds. The lowest BCUT2D eigenvalue weighted by molar-refractivity contribution is -0.189. The number of esters is 1. The molecule has 1 saturated heterocycles. The zero-order chi connectivity index (χ0) is 25.3. The van der Waals surface area contributed by atoms with E-state index in [1.54, 1.807) is 37.4 Å². The second kappa shape index (κ2) is 9.49. The molecule has 186 valence electrons. The summed E-state index contributed by atoms with van der Waals surface area (Å²) in [6.45, 7) is 4.32. The van der Waals surface area contributed by atoms with Crippen LogP contribution in [0.15, 0.2) is 65.7 Å². The average Bonchev–Trinajstić information content (AvgIpc) is 3.49. The average molecular weight is 491 g/mol. The van der Waals surface area contributed by atoms with Crippen LogP contribution in [0.2, 0.25) is 0 Å². The largest absolute Gasteiger partial charge is 0.495 e. The number of ether oxygens (including phenoxy) is 2. The first kappa shape index (κ1) is 23.6. The highest BCUT2D eigenvalue weighted by molar-refractivity contribution is 6.06. The number of halogens is 1. The maximum Gasteiger partial charge on any atom is 0.380 e. The molecule has 36 heavy (non-hydrogen) atoms. The van der Waals surface area contributed by atoms with Crippen molar-refractivity contribution in [2.75, 3.05) is 20.3 Å². The molecule has 3 aromatic rings. The van der Waals surface area contributed by atoms with Gasteiger partial charge >= 0.3 is 11.7 Å². The molecule has 8 nitrogen and oxygen atoms in total. The van der Waals surface area contributed by atoms with Gasteiger partial charge in [-0.05, 0) is 68.2 Å². The fourth-order valence-electron chi connectivity index (χ4n) is 4.68. The number of aromatic nitrogens is 2. The molecule has 0 saturated carbocycles. The quantitative estimate of drug-likeness (QED) is 0.471. The number of benzene rings is 2. The zero-order valence-electron chi connectivity index (χ0n) is 20.4. The molecule has 1 unspecified atom stereocenters. The number of imidazole rings is 1. The van der Waals surface area contributed by atoms with Crippen molar-refractivity contribution in [1.82, 2.24) is 14.5 Å². The molecule has 1 fully saturated rings. The van der Waals surface area contributed by atoms with Crippen molar-refractivity contribution in [2.45, 2.75) is 32.4 Å². The van der Waals surface area contributed by atoms with Crippen LogP contribution < -0.4 is 4.74 Å². The maximum absolute atomic E-state index is 14.2. The number of hydrogen-bond acceptors (Lipinski definition) is 7. The number of fused-ring (bicyclic) bond motifs is 1. The van der Waals surface area contributed by atoms with Crippen LogP contribution in [0.5, 0.6) is 5.75 Å². The van der Waals surface area contributed by atoms with Crippen LogP contribution in [-0.4, -0.2) is 46.5 Å². The van der Waals surface area contributed by atoms with E-state index in [1.165, 1.54) is 12.1 Å². The zero-order valence-corrected chi connectivity index (χ0v) is 20.4. The van der Waals surface area contributed by atoms with Gasteiger partial charge < -0.3 is 23.8 Å². The van der Waals surface area contributed by atoms with Crippen molar-refractivity contribution in [3.05, 3.63) is 83.2 Å². The summed E-state index contributed by atoms with van der Waals surface area (Å²) < 4.78 is 27.1. The summed E-state index contributed by atoms with van der Waals surface area (Å²) in [4.78, 5) is 25.1. The lowest BCUT2D eigenvalue weighted by atomic mass is 9.94. The van der Waals surface area contributed by atoms with Gasteiger partial charge in [0.05, 0.1) is 31.4 Å². The van der Waals surface area contributed by atoms with Gasteiger partial charge in [0.25, 0.3) is 0 Å². The Bertz CT molecular complexity index is 1370. The van der Waals surface area contributed by atoms with Crippen molar-refractivity contribution < 1.29 is 23.5 Å². The summed E-state index contributed by atoms with van der Waals surface area (Å²) in [7, 11) is 1.63. The van der Waals surface area contributed by atoms with Crippen LogP contribution in [0.1, 0.15) is 36.6 Å². The first-order valence-corrected chi connectivity index (χ1v) is 11.8. The van der Waals surface area contributed by atoms with Crippen LogP contribution in [0.4, 0.5) is 4.39 Å². The van der Waals surface area contributed by atoms with Gasteiger partial charge in [-0.1, -0.05) is 23.4 Å².